The lowest BCUT2D eigenvalue weighted by atomic mass is 9.75. The standard InChI is InChI=1S/C28H32F4O/c1-3-16-33-24-15-14-23(27(31)28(24)32)20-10-8-19(9-11-20)22-13-12-21(25(29)26(22)30)18-6-4-17(2)5-7-18/h3,12-15,17-20H,1,4-11,16H2,2H3. The third-order valence-electron chi connectivity index (χ3n) is 7.64. The van der Waals surface area contributed by atoms with Gasteiger partial charge in [0.05, 0.1) is 0 Å². The number of ether oxygens (including phenoxy) is 1. The van der Waals surface area contributed by atoms with Crippen molar-refractivity contribution in [1.29, 1.82) is 0 Å². The smallest absolute Gasteiger partial charge is 0.200 e. The molecule has 5 heteroatoms. The van der Waals surface area contributed by atoms with Gasteiger partial charge in [0, 0.05) is 0 Å². The van der Waals surface area contributed by atoms with Gasteiger partial charge in [-0.3, -0.25) is 0 Å². The first-order valence-electron chi connectivity index (χ1n) is 12.1. The monoisotopic (exact) mass is 460 g/mol. The minimum Gasteiger partial charge on any atom is -0.486 e. The number of benzene rings is 2. The summed E-state index contributed by atoms with van der Waals surface area (Å²) in [6.45, 7) is 5.81. The Bertz CT molecular complexity index is 986. The first-order valence-corrected chi connectivity index (χ1v) is 12.1. The lowest BCUT2D eigenvalue weighted by molar-refractivity contribution is 0.326. The van der Waals surface area contributed by atoms with Crippen molar-refractivity contribution in [3.63, 3.8) is 0 Å². The second kappa shape index (κ2) is 10.3. The molecule has 4 rings (SSSR count). The van der Waals surface area contributed by atoms with Crippen molar-refractivity contribution in [3.8, 4) is 5.75 Å². The predicted octanol–water partition coefficient (Wildman–Crippen LogP) is 8.54. The third kappa shape index (κ3) is 4.97. The van der Waals surface area contributed by atoms with Gasteiger partial charge in [0.2, 0.25) is 5.82 Å². The normalized spacial score (nSPS) is 25.6. The van der Waals surface area contributed by atoms with Crippen molar-refractivity contribution in [2.24, 2.45) is 5.92 Å². The lowest BCUT2D eigenvalue weighted by Gasteiger charge is -2.31. The molecule has 2 aromatic carbocycles. The predicted molar refractivity (Wildman–Crippen MR) is 123 cm³/mol. The molecule has 2 aliphatic carbocycles. The SMILES string of the molecule is C=CCOc1ccc(C2CCC(c3ccc(C4CCC(C)CC4)c(F)c3F)CC2)c(F)c1F. The molecule has 0 aliphatic heterocycles. The molecular formula is C28H32F4O. The number of halogens is 4. The average Bonchev–Trinajstić information content (AvgIpc) is 2.83. The molecule has 2 aliphatic rings. The first kappa shape index (κ1) is 23.8. The van der Waals surface area contributed by atoms with Gasteiger partial charge >= 0.3 is 0 Å². The van der Waals surface area contributed by atoms with Gasteiger partial charge in [0.1, 0.15) is 6.61 Å². The van der Waals surface area contributed by atoms with Crippen LogP contribution in [0.25, 0.3) is 0 Å². The fourth-order valence-corrected chi connectivity index (χ4v) is 5.62. The van der Waals surface area contributed by atoms with Crippen molar-refractivity contribution in [2.75, 3.05) is 6.61 Å². The van der Waals surface area contributed by atoms with E-state index in [0.717, 1.165) is 25.7 Å². The highest BCUT2D eigenvalue weighted by Gasteiger charge is 2.31. The highest BCUT2D eigenvalue weighted by molar-refractivity contribution is 5.35. The summed E-state index contributed by atoms with van der Waals surface area (Å²) < 4.78 is 64.2. The van der Waals surface area contributed by atoms with E-state index in [9.17, 15) is 13.2 Å². The van der Waals surface area contributed by atoms with Crippen LogP contribution in [0.3, 0.4) is 0 Å². The van der Waals surface area contributed by atoms with E-state index in [0.29, 0.717) is 48.3 Å². The minimum atomic E-state index is -0.989. The molecule has 0 aromatic heterocycles. The number of rotatable bonds is 6. The van der Waals surface area contributed by atoms with Crippen LogP contribution in [0.15, 0.2) is 36.9 Å². The Labute approximate surface area is 193 Å². The van der Waals surface area contributed by atoms with Gasteiger partial charge in [-0.1, -0.05) is 50.6 Å². The van der Waals surface area contributed by atoms with Crippen molar-refractivity contribution >= 4 is 0 Å². The van der Waals surface area contributed by atoms with Crippen LogP contribution >= 0.6 is 0 Å². The van der Waals surface area contributed by atoms with E-state index in [1.54, 1.807) is 18.2 Å². The summed E-state index contributed by atoms with van der Waals surface area (Å²) in [5, 5.41) is 0. The maximum Gasteiger partial charge on any atom is 0.200 e. The van der Waals surface area contributed by atoms with Crippen LogP contribution in [0.5, 0.6) is 5.75 Å². The molecule has 0 bridgehead atoms. The van der Waals surface area contributed by atoms with Gasteiger partial charge in [0.25, 0.3) is 0 Å². The Morgan fingerprint density at radius 1 is 0.697 bits per heavy atom. The Hall–Kier alpha value is -2.30. The molecule has 2 saturated carbocycles. The zero-order chi connectivity index (χ0) is 23.5. The highest BCUT2D eigenvalue weighted by Crippen LogP contribution is 2.44. The number of hydrogen-bond acceptors (Lipinski definition) is 1. The van der Waals surface area contributed by atoms with Crippen molar-refractivity contribution in [2.45, 2.75) is 76.0 Å². The van der Waals surface area contributed by atoms with E-state index in [2.05, 4.69) is 13.5 Å². The third-order valence-corrected chi connectivity index (χ3v) is 7.64. The summed E-state index contributed by atoms with van der Waals surface area (Å²) >= 11 is 0. The average molecular weight is 461 g/mol. The minimum absolute atomic E-state index is 0.0942. The maximum atomic E-state index is 15.1. The van der Waals surface area contributed by atoms with Gasteiger partial charge in [0.15, 0.2) is 23.2 Å². The largest absolute Gasteiger partial charge is 0.486 e. The van der Waals surface area contributed by atoms with Crippen molar-refractivity contribution in [1.82, 2.24) is 0 Å². The first-order chi connectivity index (χ1) is 15.9. The molecule has 0 N–H and O–H groups in total. The summed E-state index contributed by atoms with van der Waals surface area (Å²) in [4.78, 5) is 0. The fourth-order valence-electron chi connectivity index (χ4n) is 5.62. The van der Waals surface area contributed by atoms with E-state index in [-0.39, 0.29) is 30.1 Å². The fraction of sp³-hybridized carbons (Fsp3) is 0.500. The Balaban J connectivity index is 1.44. The zero-order valence-electron chi connectivity index (χ0n) is 19.2. The molecule has 33 heavy (non-hydrogen) atoms. The maximum absolute atomic E-state index is 15.1. The van der Waals surface area contributed by atoms with E-state index in [4.69, 9.17) is 4.74 Å². The molecular weight excluding hydrogens is 428 g/mol. The lowest BCUT2D eigenvalue weighted by Crippen LogP contribution is -2.17. The Kier molecular flexibility index (Phi) is 7.45. The van der Waals surface area contributed by atoms with E-state index < -0.39 is 23.3 Å². The van der Waals surface area contributed by atoms with E-state index >= 15 is 4.39 Å². The van der Waals surface area contributed by atoms with Crippen LogP contribution in [0, 0.1) is 29.2 Å². The molecule has 1 nitrogen and oxygen atoms in total. The van der Waals surface area contributed by atoms with Gasteiger partial charge in [-0.2, -0.15) is 4.39 Å². The van der Waals surface area contributed by atoms with Gasteiger partial charge in [-0.15, -0.1) is 0 Å². The van der Waals surface area contributed by atoms with Crippen LogP contribution in [-0.2, 0) is 0 Å². The van der Waals surface area contributed by atoms with Crippen LogP contribution in [-0.4, -0.2) is 6.61 Å². The molecule has 2 aromatic rings. The van der Waals surface area contributed by atoms with Crippen LogP contribution in [0.2, 0.25) is 0 Å². The molecule has 2 fully saturated rings. The molecule has 0 atom stereocenters. The molecule has 0 heterocycles. The van der Waals surface area contributed by atoms with E-state index in [1.165, 1.54) is 12.1 Å². The van der Waals surface area contributed by atoms with Gasteiger partial charge in [-0.05, 0) is 85.0 Å². The second-order valence-corrected chi connectivity index (χ2v) is 9.76. The topological polar surface area (TPSA) is 9.23 Å². The summed E-state index contributed by atoms with van der Waals surface area (Å²) in [5.74, 6) is -2.95. The van der Waals surface area contributed by atoms with Crippen LogP contribution in [0.1, 0.15) is 92.7 Å². The zero-order valence-corrected chi connectivity index (χ0v) is 19.2. The summed E-state index contributed by atoms with van der Waals surface area (Å²) in [5.41, 5.74) is 1.25. The number of hydrogen-bond donors (Lipinski definition) is 0. The van der Waals surface area contributed by atoms with E-state index in [1.807, 2.05) is 0 Å². The van der Waals surface area contributed by atoms with Crippen LogP contribution < -0.4 is 4.74 Å². The second-order valence-electron chi connectivity index (χ2n) is 9.76. The Morgan fingerprint density at radius 2 is 1.09 bits per heavy atom. The molecule has 0 radical (unpaired) electrons. The summed E-state index contributed by atoms with van der Waals surface area (Å²) in [6.07, 6.45) is 7.79. The quantitative estimate of drug-likeness (QED) is 0.310. The van der Waals surface area contributed by atoms with Gasteiger partial charge < -0.3 is 4.74 Å². The molecule has 0 amide bonds. The van der Waals surface area contributed by atoms with Crippen LogP contribution in [0.4, 0.5) is 17.6 Å². The molecule has 0 unspecified atom stereocenters. The molecule has 0 saturated heterocycles. The highest BCUT2D eigenvalue weighted by atomic mass is 19.2. The molecule has 0 spiro atoms. The van der Waals surface area contributed by atoms with Crippen molar-refractivity contribution in [3.05, 3.63) is 76.9 Å². The summed E-state index contributed by atoms with van der Waals surface area (Å²) in [7, 11) is 0. The summed E-state index contributed by atoms with van der Waals surface area (Å²) in [6, 6.07) is 6.55. The molecule has 178 valence electrons. The van der Waals surface area contributed by atoms with Crippen molar-refractivity contribution < 1.29 is 22.3 Å². The Morgan fingerprint density at radius 3 is 1.55 bits per heavy atom. The van der Waals surface area contributed by atoms with Gasteiger partial charge in [-0.25, -0.2) is 13.2 Å².